The van der Waals surface area contributed by atoms with Gasteiger partial charge in [0.05, 0.1) is 17.0 Å². The molecule has 0 radical (unpaired) electrons. The summed E-state index contributed by atoms with van der Waals surface area (Å²) in [6.45, 7) is 15.5. The number of alkyl halides is 3. The lowest BCUT2D eigenvalue weighted by Crippen LogP contribution is -2.60. The van der Waals surface area contributed by atoms with Crippen molar-refractivity contribution in [2.75, 3.05) is 18.9 Å². The second-order valence-electron chi connectivity index (χ2n) is 13.6. The van der Waals surface area contributed by atoms with E-state index in [1.54, 1.807) is 12.4 Å². The average molecular weight is 688 g/mol. The fourth-order valence-corrected chi connectivity index (χ4v) is 6.37. The minimum Gasteiger partial charge on any atom is -0.342 e. The number of hydrogen-bond donors (Lipinski definition) is 3. The molecule has 0 bridgehead atoms. The van der Waals surface area contributed by atoms with Crippen LogP contribution in [0.5, 0.6) is 0 Å². The van der Waals surface area contributed by atoms with E-state index >= 15 is 0 Å². The molecular formula is C32H48F3N5O6S. The Hall–Kier alpha value is -3.46. The Balaban J connectivity index is 2.24. The van der Waals surface area contributed by atoms with E-state index in [-0.39, 0.29) is 41.1 Å². The minimum absolute atomic E-state index is 0.00730. The first kappa shape index (κ1) is 39.7. The van der Waals surface area contributed by atoms with Crippen molar-refractivity contribution in [3.05, 3.63) is 35.9 Å². The van der Waals surface area contributed by atoms with Crippen LogP contribution in [0.25, 0.3) is 0 Å². The molecule has 1 saturated heterocycles. The Morgan fingerprint density at radius 2 is 1.57 bits per heavy atom. The van der Waals surface area contributed by atoms with Gasteiger partial charge in [0.2, 0.25) is 11.8 Å². The number of benzene rings is 1. The van der Waals surface area contributed by atoms with Gasteiger partial charge >= 0.3 is 12.1 Å². The summed E-state index contributed by atoms with van der Waals surface area (Å²) in [7, 11) is -2.88. The number of amides is 4. The van der Waals surface area contributed by atoms with Crippen LogP contribution in [-0.2, 0) is 29.2 Å². The monoisotopic (exact) mass is 687 g/mol. The van der Waals surface area contributed by atoms with E-state index in [2.05, 4.69) is 10.2 Å². The molecule has 2 rings (SSSR count). The molecule has 0 saturated carbocycles. The molecule has 1 aliphatic heterocycles. The van der Waals surface area contributed by atoms with Crippen LogP contribution in [-0.4, -0.2) is 85.8 Å². The highest BCUT2D eigenvalue weighted by molar-refractivity contribution is 7.90. The fourth-order valence-electron chi connectivity index (χ4n) is 5.36. The lowest BCUT2D eigenvalue weighted by molar-refractivity contribution is -0.167. The summed E-state index contributed by atoms with van der Waals surface area (Å²) in [5, 5.41) is 4.61. The maximum absolute atomic E-state index is 14.0. The Labute approximate surface area is 275 Å². The largest absolute Gasteiger partial charge is 0.471 e. The smallest absolute Gasteiger partial charge is 0.342 e. The van der Waals surface area contributed by atoms with Crippen LogP contribution in [0.3, 0.4) is 0 Å². The number of likely N-dealkylation sites (N-methyl/N-ethyl adjacent to an activating group) is 1. The molecule has 0 aliphatic carbocycles. The number of sulfonamides is 1. The van der Waals surface area contributed by atoms with Crippen molar-refractivity contribution in [1.29, 1.82) is 0 Å². The van der Waals surface area contributed by atoms with Gasteiger partial charge in [0.15, 0.2) is 0 Å². The third-order valence-corrected chi connectivity index (χ3v) is 9.42. The average Bonchev–Trinajstić information content (AvgIpc) is 2.96. The van der Waals surface area contributed by atoms with E-state index in [1.807, 2.05) is 53.2 Å². The first-order chi connectivity index (χ1) is 21.5. The summed E-state index contributed by atoms with van der Waals surface area (Å²) in [4.78, 5) is 54.8. The highest BCUT2D eigenvalue weighted by Gasteiger charge is 2.40. The van der Waals surface area contributed by atoms with Crippen LogP contribution in [0.4, 0.5) is 18.9 Å². The number of carbonyl (C=O) groups excluding carboxylic acids is 4. The maximum Gasteiger partial charge on any atom is 0.471 e. The lowest BCUT2D eigenvalue weighted by atomic mass is 9.84. The number of anilines is 1. The van der Waals surface area contributed by atoms with E-state index in [0.717, 1.165) is 43.7 Å². The second-order valence-corrected chi connectivity index (χ2v) is 15.3. The molecular weight excluding hydrogens is 639 g/mol. The lowest BCUT2D eigenvalue weighted by Gasteiger charge is -2.41. The molecule has 11 nitrogen and oxygen atoms in total. The fraction of sp³-hybridized carbons (Fsp3) is 0.625. The molecule has 1 heterocycles. The zero-order valence-corrected chi connectivity index (χ0v) is 29.3. The molecule has 0 unspecified atom stereocenters. The first-order valence-electron chi connectivity index (χ1n) is 15.5. The molecule has 3 atom stereocenters. The van der Waals surface area contributed by atoms with Crippen molar-refractivity contribution < 1.29 is 40.8 Å². The van der Waals surface area contributed by atoms with Gasteiger partial charge in [-0.1, -0.05) is 47.1 Å². The number of carbonyl (C=O) groups is 4. The van der Waals surface area contributed by atoms with Crippen molar-refractivity contribution in [3.63, 3.8) is 0 Å². The molecule has 1 fully saturated rings. The van der Waals surface area contributed by atoms with Gasteiger partial charge in [-0.05, 0) is 75.8 Å². The van der Waals surface area contributed by atoms with Gasteiger partial charge in [-0.25, -0.2) is 13.1 Å². The highest BCUT2D eigenvalue weighted by atomic mass is 32.2. The third-order valence-electron chi connectivity index (χ3n) is 8.07. The normalized spacial score (nSPS) is 18.0. The van der Waals surface area contributed by atoms with E-state index in [1.165, 1.54) is 17.9 Å². The standard InChI is InChI=1S/C32H48F3N5O6S/c1-19(2)25(39(9)29(43)26(31(6,7)8)37-28(42)24-12-10-11-17-40(24)20(3)4)18-21(5)27(41)38-47(45,46)23-15-13-22(14-16-23)36-30(44)32(33,34)35/h13-16,18-20,24-26H,10-12,17H2,1-9H3,(H,36,44)(H,37,42)(H,38,41)/b21-18+/t24-,25-,26-/m1/s1. The molecule has 0 aromatic heterocycles. The summed E-state index contributed by atoms with van der Waals surface area (Å²) in [6, 6.07) is 2.07. The first-order valence-corrected chi connectivity index (χ1v) is 17.0. The number of nitrogens with zero attached hydrogens (tertiary/aromatic N) is 2. The van der Waals surface area contributed by atoms with Gasteiger partial charge in [0.25, 0.3) is 15.9 Å². The topological polar surface area (TPSA) is 145 Å². The van der Waals surface area contributed by atoms with Crippen molar-refractivity contribution in [2.45, 2.75) is 110 Å². The molecule has 1 aromatic rings. The predicted molar refractivity (Wildman–Crippen MR) is 172 cm³/mol. The van der Waals surface area contributed by atoms with Gasteiger partial charge < -0.3 is 15.5 Å². The van der Waals surface area contributed by atoms with Crippen molar-refractivity contribution in [1.82, 2.24) is 19.8 Å². The van der Waals surface area contributed by atoms with Crippen LogP contribution in [0.15, 0.2) is 40.8 Å². The van der Waals surface area contributed by atoms with Crippen LogP contribution >= 0.6 is 0 Å². The number of rotatable bonds is 11. The van der Waals surface area contributed by atoms with Crippen LogP contribution in [0.2, 0.25) is 0 Å². The number of hydrogen-bond acceptors (Lipinski definition) is 7. The Bertz CT molecular complexity index is 1440. The summed E-state index contributed by atoms with van der Waals surface area (Å²) in [5.41, 5.74) is -0.955. The van der Waals surface area contributed by atoms with Crippen LogP contribution in [0.1, 0.15) is 74.7 Å². The highest BCUT2D eigenvalue weighted by Crippen LogP contribution is 2.26. The summed E-state index contributed by atoms with van der Waals surface area (Å²) in [6.07, 6.45) is -1.04. The van der Waals surface area contributed by atoms with Gasteiger partial charge in [-0.2, -0.15) is 13.2 Å². The molecule has 1 aromatic carbocycles. The van der Waals surface area contributed by atoms with Crippen molar-refractivity contribution in [2.24, 2.45) is 11.3 Å². The van der Waals surface area contributed by atoms with E-state index in [4.69, 9.17) is 0 Å². The predicted octanol–water partition coefficient (Wildman–Crippen LogP) is 4.22. The second kappa shape index (κ2) is 15.6. The SMILES string of the molecule is C/C(=C\[C@H](C(C)C)N(C)C(=O)[C@@H](NC(=O)[C@H]1CCCCN1C(C)C)C(C)(C)C)C(=O)NS(=O)(=O)c1ccc(NC(=O)C(F)(F)F)cc1. The van der Waals surface area contributed by atoms with Gasteiger partial charge in [-0.3, -0.25) is 24.1 Å². The zero-order valence-electron chi connectivity index (χ0n) is 28.5. The molecule has 4 amide bonds. The molecule has 3 N–H and O–H groups in total. The van der Waals surface area contributed by atoms with Gasteiger partial charge in [-0.15, -0.1) is 0 Å². The number of likely N-dealkylation sites (tertiary alicyclic amines) is 1. The minimum atomic E-state index is -5.12. The quantitative estimate of drug-likeness (QED) is 0.296. The van der Waals surface area contributed by atoms with E-state index in [0.29, 0.717) is 6.42 Å². The third kappa shape index (κ3) is 10.8. The molecule has 1 aliphatic rings. The molecule has 47 heavy (non-hydrogen) atoms. The van der Waals surface area contributed by atoms with Crippen molar-refractivity contribution in [3.8, 4) is 0 Å². The van der Waals surface area contributed by atoms with Crippen LogP contribution in [0, 0.1) is 11.3 Å². The summed E-state index contributed by atoms with van der Waals surface area (Å²) < 4.78 is 65.2. The molecule has 15 heteroatoms. The number of piperidine rings is 1. The number of nitrogens with one attached hydrogen (secondary N) is 3. The number of halogens is 3. The Morgan fingerprint density at radius 3 is 2.06 bits per heavy atom. The van der Waals surface area contributed by atoms with Crippen molar-refractivity contribution >= 4 is 39.3 Å². The van der Waals surface area contributed by atoms with Crippen LogP contribution < -0.4 is 15.4 Å². The Kier molecular flexibility index (Phi) is 13.2. The summed E-state index contributed by atoms with van der Waals surface area (Å²) >= 11 is 0. The Morgan fingerprint density at radius 1 is 1.00 bits per heavy atom. The van der Waals surface area contributed by atoms with E-state index in [9.17, 15) is 40.8 Å². The van der Waals surface area contributed by atoms with Gasteiger partial charge in [0.1, 0.15) is 6.04 Å². The summed E-state index contributed by atoms with van der Waals surface area (Å²) in [5.74, 6) is -3.99. The van der Waals surface area contributed by atoms with E-state index < -0.39 is 50.4 Å². The van der Waals surface area contributed by atoms with Gasteiger partial charge in [0, 0.05) is 24.4 Å². The molecule has 264 valence electrons. The zero-order chi connectivity index (χ0) is 36.1. The molecule has 0 spiro atoms. The maximum atomic E-state index is 14.0.